The molecule has 1 saturated heterocycles. The molecule has 0 spiro atoms. The molecule has 0 unspecified atom stereocenters. The van der Waals surface area contributed by atoms with Crippen LogP contribution in [0.5, 0.6) is 5.75 Å². The Morgan fingerprint density at radius 2 is 1.82 bits per heavy atom. The molecule has 1 fully saturated rings. The number of rotatable bonds is 9. The van der Waals surface area contributed by atoms with Crippen LogP contribution >= 0.6 is 11.3 Å². The van der Waals surface area contributed by atoms with Crippen LogP contribution < -0.4 is 15.4 Å². The number of hydrogen-bond acceptors (Lipinski definition) is 7. The molecule has 2 heterocycles. The second-order valence-corrected chi connectivity index (χ2v) is 10.2. The number of thiophene rings is 1. The Bertz CT molecular complexity index is 1400. The van der Waals surface area contributed by atoms with Crippen LogP contribution in [0.1, 0.15) is 33.6 Å². The molecule has 0 saturated carbocycles. The first kappa shape index (κ1) is 27.5. The van der Waals surface area contributed by atoms with Gasteiger partial charge in [0.1, 0.15) is 5.75 Å². The van der Waals surface area contributed by atoms with Gasteiger partial charge in [-0.1, -0.05) is 12.1 Å². The van der Waals surface area contributed by atoms with Gasteiger partial charge in [-0.05, 0) is 67.6 Å². The van der Waals surface area contributed by atoms with Gasteiger partial charge in [-0.15, -0.1) is 11.3 Å². The van der Waals surface area contributed by atoms with Gasteiger partial charge in [0.25, 0.3) is 0 Å². The zero-order valence-electron chi connectivity index (χ0n) is 21.3. The molecule has 10 nitrogen and oxygen atoms in total. The average Bonchev–Trinajstić information content (AvgIpc) is 3.27. The normalized spacial score (nSPS) is 13.4. The minimum atomic E-state index is -1.18. The van der Waals surface area contributed by atoms with E-state index in [1.54, 1.807) is 36.1 Å². The number of anilines is 2. The fraction of sp³-hybridized carbons (Fsp3) is 0.286. The van der Waals surface area contributed by atoms with E-state index >= 15 is 0 Å². The van der Waals surface area contributed by atoms with E-state index < -0.39 is 18.5 Å². The maximum atomic E-state index is 12.6. The molecule has 202 valence electrons. The predicted octanol–water partition coefficient (Wildman–Crippen LogP) is 5.11. The zero-order valence-corrected chi connectivity index (χ0v) is 22.1. The lowest BCUT2D eigenvalue weighted by atomic mass is 9.97. The SMILES string of the molecule is Cc1c(-c2cccc(NCC3CCN(C(=O)Nc4ccc(C#N)cc4)CC3)c2)sc(C(=O)O)c1OCC(=O)O. The number of urea groups is 1. The number of amides is 2. The Morgan fingerprint density at radius 3 is 2.46 bits per heavy atom. The lowest BCUT2D eigenvalue weighted by Crippen LogP contribution is -2.42. The monoisotopic (exact) mass is 548 g/mol. The van der Waals surface area contributed by atoms with Crippen LogP contribution in [0.15, 0.2) is 48.5 Å². The standard InChI is InChI=1S/C28H28N4O6S/c1-17-24(38-16-23(33)34)26(27(35)36)39-25(17)20-3-2-4-22(13-20)30-15-19-9-11-32(12-10-19)28(37)31-21-7-5-18(14-29)6-8-21/h2-8,13,19,30H,9-12,15-16H2,1H3,(H,31,37)(H,33,34)(H,35,36). The van der Waals surface area contributed by atoms with E-state index in [9.17, 15) is 19.5 Å². The summed E-state index contributed by atoms with van der Waals surface area (Å²) in [4.78, 5) is 37.7. The number of carbonyl (C=O) groups excluding carboxylic acids is 1. The van der Waals surface area contributed by atoms with E-state index in [4.69, 9.17) is 15.1 Å². The first-order valence-electron chi connectivity index (χ1n) is 12.4. The Kier molecular flexibility index (Phi) is 8.68. The number of hydrogen-bond donors (Lipinski definition) is 4. The summed E-state index contributed by atoms with van der Waals surface area (Å²) in [6, 6.07) is 16.3. The second-order valence-electron chi connectivity index (χ2n) is 9.21. The van der Waals surface area contributed by atoms with Gasteiger partial charge in [-0.25, -0.2) is 14.4 Å². The maximum Gasteiger partial charge on any atom is 0.349 e. The van der Waals surface area contributed by atoms with Gasteiger partial charge in [0.15, 0.2) is 11.5 Å². The van der Waals surface area contributed by atoms with Crippen molar-refractivity contribution in [3.05, 3.63) is 64.5 Å². The Morgan fingerprint density at radius 1 is 1.10 bits per heavy atom. The van der Waals surface area contributed by atoms with Crippen LogP contribution in [-0.2, 0) is 4.79 Å². The summed E-state index contributed by atoms with van der Waals surface area (Å²) in [6.07, 6.45) is 1.70. The molecule has 0 bridgehead atoms. The zero-order chi connectivity index (χ0) is 27.9. The van der Waals surface area contributed by atoms with Crippen molar-refractivity contribution in [2.45, 2.75) is 19.8 Å². The summed E-state index contributed by atoms with van der Waals surface area (Å²) in [5.74, 6) is -1.88. The highest BCUT2D eigenvalue weighted by Gasteiger charge is 2.24. The fourth-order valence-electron chi connectivity index (χ4n) is 4.43. The van der Waals surface area contributed by atoms with Crippen LogP contribution in [0, 0.1) is 24.2 Å². The minimum absolute atomic E-state index is 0.0305. The van der Waals surface area contributed by atoms with Crippen molar-refractivity contribution in [1.82, 2.24) is 4.90 Å². The Balaban J connectivity index is 1.33. The lowest BCUT2D eigenvalue weighted by molar-refractivity contribution is -0.139. The highest BCUT2D eigenvalue weighted by molar-refractivity contribution is 7.18. The number of carboxylic acid groups (broad SMARTS) is 2. The molecule has 0 aliphatic carbocycles. The van der Waals surface area contributed by atoms with Crippen LogP contribution in [0.2, 0.25) is 0 Å². The Hall–Kier alpha value is -4.56. The van der Waals surface area contributed by atoms with E-state index in [2.05, 4.69) is 16.7 Å². The number of carboxylic acids is 2. The summed E-state index contributed by atoms with van der Waals surface area (Å²) in [7, 11) is 0. The number of ether oxygens (including phenoxy) is 1. The number of benzene rings is 2. The molecule has 2 aromatic carbocycles. The first-order valence-corrected chi connectivity index (χ1v) is 13.2. The van der Waals surface area contributed by atoms with E-state index in [1.807, 2.05) is 24.3 Å². The molecule has 11 heteroatoms. The number of piperidine rings is 1. The average molecular weight is 549 g/mol. The van der Waals surface area contributed by atoms with Crippen molar-refractivity contribution in [2.75, 3.05) is 36.9 Å². The van der Waals surface area contributed by atoms with Gasteiger partial charge in [-0.3, -0.25) is 0 Å². The van der Waals surface area contributed by atoms with Crippen molar-refractivity contribution in [3.63, 3.8) is 0 Å². The highest BCUT2D eigenvalue weighted by atomic mass is 32.1. The molecular formula is C28H28N4O6S. The van der Waals surface area contributed by atoms with E-state index in [1.165, 1.54) is 0 Å². The predicted molar refractivity (Wildman–Crippen MR) is 148 cm³/mol. The summed E-state index contributed by atoms with van der Waals surface area (Å²) in [5.41, 5.74) is 3.47. The number of aliphatic carboxylic acids is 1. The summed E-state index contributed by atoms with van der Waals surface area (Å²) < 4.78 is 5.29. The lowest BCUT2D eigenvalue weighted by Gasteiger charge is -2.32. The maximum absolute atomic E-state index is 12.6. The van der Waals surface area contributed by atoms with Crippen LogP contribution in [0.4, 0.5) is 16.2 Å². The second kappa shape index (κ2) is 12.3. The molecule has 3 aromatic rings. The molecule has 1 aliphatic heterocycles. The van der Waals surface area contributed by atoms with Gasteiger partial charge in [0.2, 0.25) is 0 Å². The van der Waals surface area contributed by atoms with E-state index in [0.717, 1.165) is 42.0 Å². The molecule has 4 N–H and O–H groups in total. The number of carbonyl (C=O) groups is 3. The quantitative estimate of drug-likeness (QED) is 0.288. The third kappa shape index (κ3) is 6.86. The summed E-state index contributed by atoms with van der Waals surface area (Å²) in [5, 5.41) is 33.7. The van der Waals surface area contributed by atoms with Gasteiger partial charge in [0.05, 0.1) is 11.6 Å². The third-order valence-corrected chi connectivity index (χ3v) is 7.82. The number of aromatic carboxylic acids is 1. The molecule has 0 radical (unpaired) electrons. The molecule has 1 aromatic heterocycles. The topological polar surface area (TPSA) is 152 Å². The number of nitriles is 1. The van der Waals surface area contributed by atoms with Crippen LogP contribution in [0.3, 0.4) is 0 Å². The van der Waals surface area contributed by atoms with Gasteiger partial charge >= 0.3 is 18.0 Å². The van der Waals surface area contributed by atoms with Crippen molar-refractivity contribution < 1.29 is 29.3 Å². The molecule has 1 aliphatic rings. The highest BCUT2D eigenvalue weighted by Crippen LogP contribution is 2.42. The molecule has 4 rings (SSSR count). The molecule has 0 atom stereocenters. The number of likely N-dealkylation sites (tertiary alicyclic amines) is 1. The number of nitrogens with one attached hydrogen (secondary N) is 2. The van der Waals surface area contributed by atoms with Crippen LogP contribution in [-0.4, -0.2) is 59.3 Å². The summed E-state index contributed by atoms with van der Waals surface area (Å²) >= 11 is 1.06. The van der Waals surface area contributed by atoms with Gasteiger partial charge < -0.3 is 30.5 Å². The molecule has 2 amide bonds. The number of nitrogens with zero attached hydrogens (tertiary/aromatic N) is 2. The largest absolute Gasteiger partial charge is 0.480 e. The van der Waals surface area contributed by atoms with E-state index in [-0.39, 0.29) is 16.7 Å². The van der Waals surface area contributed by atoms with Gasteiger partial charge in [0, 0.05) is 41.4 Å². The van der Waals surface area contributed by atoms with Crippen molar-refractivity contribution in [2.24, 2.45) is 5.92 Å². The smallest absolute Gasteiger partial charge is 0.349 e. The Labute approximate surface area is 229 Å². The van der Waals surface area contributed by atoms with E-state index in [0.29, 0.717) is 40.7 Å². The van der Waals surface area contributed by atoms with Crippen molar-refractivity contribution in [1.29, 1.82) is 5.26 Å². The third-order valence-electron chi connectivity index (χ3n) is 6.51. The summed E-state index contributed by atoms with van der Waals surface area (Å²) in [6.45, 7) is 3.11. The van der Waals surface area contributed by atoms with Crippen molar-refractivity contribution in [3.8, 4) is 22.3 Å². The molecule has 39 heavy (non-hydrogen) atoms. The fourth-order valence-corrected chi connectivity index (χ4v) is 5.51. The molecular weight excluding hydrogens is 520 g/mol. The van der Waals surface area contributed by atoms with Crippen LogP contribution in [0.25, 0.3) is 10.4 Å². The van der Waals surface area contributed by atoms with Gasteiger partial charge in [-0.2, -0.15) is 5.26 Å². The van der Waals surface area contributed by atoms with Crippen molar-refractivity contribution >= 4 is 40.7 Å². The minimum Gasteiger partial charge on any atom is -0.480 e. The first-order chi connectivity index (χ1) is 18.7.